The average molecular weight is 581 g/mol. The average Bonchev–Trinajstić information content (AvgIpc) is 3.35. The van der Waals surface area contributed by atoms with Crippen LogP contribution in [0.15, 0.2) is 99.7 Å². The molecule has 3 heterocycles. The summed E-state index contributed by atoms with van der Waals surface area (Å²) in [6.07, 6.45) is 9.70. The number of para-hydroxylation sites is 1. The molecule has 0 spiro atoms. The second-order valence-corrected chi connectivity index (χ2v) is 10.5. The number of hydrogen-bond acceptors (Lipinski definition) is 7. The molecule has 3 aromatic rings. The molecule has 0 saturated heterocycles. The van der Waals surface area contributed by atoms with Crippen molar-refractivity contribution in [2.75, 3.05) is 10.2 Å². The summed E-state index contributed by atoms with van der Waals surface area (Å²) in [6, 6.07) is 14.7. The number of carbonyl (C=O) groups excluding carboxylic acids is 1. The molecule has 9 nitrogen and oxygen atoms in total. The molecule has 3 N–H and O–H groups in total. The van der Waals surface area contributed by atoms with Gasteiger partial charge < -0.3 is 20.1 Å². The topological polar surface area (TPSA) is 128 Å². The standard InChI is InChI=1S/C33H29FN4O5/c34-23-12-14-25(15-13-23)38-30(7-3-4-8-31(39)40)35-24-17-21(9-10-22(18-24)33(38)42)28-19-29(43-37-28)32(41)27-16-11-20-5-1-2-6-26(20)36-27/h1-2,5-6,9-17,19,27,32,36,41H,3-4,7-8,18H2,(H,39,40). The van der Waals surface area contributed by atoms with Gasteiger partial charge in [-0.1, -0.05) is 47.7 Å². The van der Waals surface area contributed by atoms with Gasteiger partial charge in [0.15, 0.2) is 5.76 Å². The molecule has 0 saturated carbocycles. The van der Waals surface area contributed by atoms with E-state index in [4.69, 9.17) is 14.6 Å². The first-order chi connectivity index (χ1) is 20.9. The SMILES string of the molecule is O=C(O)CCCCC1=NC2=CC(c3cc(C(O)C4C=Cc5ccccc5N4)on3)=CC=C(C2)C(=O)N1c1ccc(F)cc1. The number of unbranched alkanes of at least 4 members (excludes halogenated alkanes) is 1. The number of amides is 1. The van der Waals surface area contributed by atoms with E-state index in [2.05, 4.69) is 10.5 Å². The van der Waals surface area contributed by atoms with Gasteiger partial charge in [-0.15, -0.1) is 0 Å². The van der Waals surface area contributed by atoms with Crippen molar-refractivity contribution in [1.29, 1.82) is 0 Å². The number of aliphatic carboxylic acids is 1. The first-order valence-corrected chi connectivity index (χ1v) is 14.1. The molecule has 10 heteroatoms. The van der Waals surface area contributed by atoms with E-state index in [9.17, 15) is 19.1 Å². The Morgan fingerprint density at radius 1 is 1.14 bits per heavy atom. The molecule has 1 aromatic heterocycles. The van der Waals surface area contributed by atoms with Gasteiger partial charge in [-0.05, 0) is 54.8 Å². The number of halogens is 1. The monoisotopic (exact) mass is 580 g/mol. The number of rotatable bonds is 9. The number of benzene rings is 2. The van der Waals surface area contributed by atoms with Gasteiger partial charge in [0.2, 0.25) is 0 Å². The Kier molecular flexibility index (Phi) is 7.84. The van der Waals surface area contributed by atoms with Gasteiger partial charge in [-0.2, -0.15) is 0 Å². The van der Waals surface area contributed by atoms with E-state index in [1.165, 1.54) is 29.2 Å². The molecule has 2 bridgehead atoms. The molecule has 1 amide bonds. The molecule has 218 valence electrons. The van der Waals surface area contributed by atoms with Crippen LogP contribution in [-0.4, -0.2) is 39.1 Å². The van der Waals surface area contributed by atoms with Gasteiger partial charge in [-0.25, -0.2) is 9.38 Å². The number of anilines is 2. The maximum absolute atomic E-state index is 13.8. The third-order valence-corrected chi connectivity index (χ3v) is 7.51. The fraction of sp³-hybridized carbons (Fsp3) is 0.212. The van der Waals surface area contributed by atoms with Crippen LogP contribution in [0.2, 0.25) is 0 Å². The zero-order valence-electron chi connectivity index (χ0n) is 23.1. The van der Waals surface area contributed by atoms with Crippen LogP contribution >= 0.6 is 0 Å². The molecule has 43 heavy (non-hydrogen) atoms. The van der Waals surface area contributed by atoms with E-state index >= 15 is 0 Å². The van der Waals surface area contributed by atoms with Gasteiger partial charge in [0, 0.05) is 47.9 Å². The van der Waals surface area contributed by atoms with Gasteiger partial charge in [0.25, 0.3) is 5.91 Å². The number of allylic oxidation sites excluding steroid dienone is 5. The summed E-state index contributed by atoms with van der Waals surface area (Å²) in [6.45, 7) is 0. The fourth-order valence-corrected chi connectivity index (χ4v) is 5.30. The molecule has 2 unspecified atom stereocenters. The van der Waals surface area contributed by atoms with E-state index in [-0.39, 0.29) is 24.5 Å². The normalized spacial score (nSPS) is 18.3. The number of fused-ring (bicyclic) bond motifs is 3. The number of carbonyl (C=O) groups is 2. The molecule has 2 aliphatic heterocycles. The van der Waals surface area contributed by atoms with Crippen LogP contribution in [0, 0.1) is 5.82 Å². The summed E-state index contributed by atoms with van der Waals surface area (Å²) in [5, 5.41) is 27.6. The van der Waals surface area contributed by atoms with E-state index in [1.54, 1.807) is 18.2 Å². The number of carboxylic acid groups (broad SMARTS) is 1. The van der Waals surface area contributed by atoms with Gasteiger partial charge in [-0.3, -0.25) is 14.5 Å². The third-order valence-electron chi connectivity index (χ3n) is 7.51. The van der Waals surface area contributed by atoms with Crippen molar-refractivity contribution >= 4 is 40.7 Å². The van der Waals surface area contributed by atoms with Gasteiger partial charge in [0.05, 0.1) is 11.7 Å². The van der Waals surface area contributed by atoms with Crippen LogP contribution in [0.4, 0.5) is 15.8 Å². The highest BCUT2D eigenvalue weighted by molar-refractivity contribution is 6.23. The quantitative estimate of drug-likeness (QED) is 0.263. The Balaban J connectivity index is 1.28. The van der Waals surface area contributed by atoms with Crippen LogP contribution in [0.3, 0.4) is 0 Å². The highest BCUT2D eigenvalue weighted by Gasteiger charge is 2.30. The minimum Gasteiger partial charge on any atom is -0.481 e. The summed E-state index contributed by atoms with van der Waals surface area (Å²) in [5.41, 5.74) is 4.64. The fourth-order valence-electron chi connectivity index (χ4n) is 5.30. The molecular weight excluding hydrogens is 551 g/mol. The van der Waals surface area contributed by atoms with E-state index in [0.717, 1.165) is 11.3 Å². The number of aliphatic imine (C=N–C) groups is 1. The number of nitrogens with one attached hydrogen (secondary N) is 1. The van der Waals surface area contributed by atoms with Crippen LogP contribution in [-0.2, 0) is 9.59 Å². The molecule has 1 aliphatic carbocycles. The first-order valence-electron chi connectivity index (χ1n) is 14.1. The second kappa shape index (κ2) is 12.0. The lowest BCUT2D eigenvalue weighted by atomic mass is 10.00. The summed E-state index contributed by atoms with van der Waals surface area (Å²) >= 11 is 0. The van der Waals surface area contributed by atoms with Crippen molar-refractivity contribution in [3.05, 3.63) is 113 Å². The molecule has 6 rings (SSSR count). The molecule has 0 radical (unpaired) electrons. The molecule has 3 aliphatic rings. The minimum absolute atomic E-state index is 0.0114. The van der Waals surface area contributed by atoms with Crippen molar-refractivity contribution in [1.82, 2.24) is 5.16 Å². The Morgan fingerprint density at radius 2 is 1.95 bits per heavy atom. The van der Waals surface area contributed by atoms with Crippen LogP contribution < -0.4 is 10.2 Å². The largest absolute Gasteiger partial charge is 0.481 e. The number of carboxylic acids is 1. The number of aliphatic hydroxyl groups excluding tert-OH is 1. The summed E-state index contributed by atoms with van der Waals surface area (Å²) < 4.78 is 19.2. The number of aliphatic hydroxyl groups is 1. The zero-order chi connectivity index (χ0) is 29.9. The van der Waals surface area contributed by atoms with Crippen molar-refractivity contribution in [2.24, 2.45) is 4.99 Å². The van der Waals surface area contributed by atoms with Crippen molar-refractivity contribution in [3.8, 4) is 0 Å². The zero-order valence-corrected chi connectivity index (χ0v) is 23.1. The Labute approximate surface area is 247 Å². The van der Waals surface area contributed by atoms with Crippen LogP contribution in [0.1, 0.15) is 55.2 Å². The minimum atomic E-state index is -0.994. The Bertz CT molecular complexity index is 1720. The number of hydrogen-bond donors (Lipinski definition) is 3. The third kappa shape index (κ3) is 6.09. The van der Waals surface area contributed by atoms with Crippen molar-refractivity contribution in [2.45, 2.75) is 44.2 Å². The lowest BCUT2D eigenvalue weighted by molar-refractivity contribution is -0.137. The molecule has 0 fully saturated rings. The van der Waals surface area contributed by atoms with Crippen molar-refractivity contribution < 1.29 is 28.7 Å². The van der Waals surface area contributed by atoms with Gasteiger partial charge >= 0.3 is 5.97 Å². The summed E-state index contributed by atoms with van der Waals surface area (Å²) in [7, 11) is 0. The maximum atomic E-state index is 13.8. The lowest BCUT2D eigenvalue weighted by Gasteiger charge is -2.25. The molecule has 2 atom stereocenters. The predicted molar refractivity (Wildman–Crippen MR) is 161 cm³/mol. The van der Waals surface area contributed by atoms with E-state index in [0.29, 0.717) is 53.3 Å². The Hall–Kier alpha value is -5.09. The predicted octanol–water partition coefficient (Wildman–Crippen LogP) is 6.04. The van der Waals surface area contributed by atoms with E-state index < -0.39 is 23.9 Å². The number of aromatic nitrogens is 1. The Morgan fingerprint density at radius 3 is 2.77 bits per heavy atom. The maximum Gasteiger partial charge on any atom is 0.303 e. The first kappa shape index (κ1) is 28.0. The lowest BCUT2D eigenvalue weighted by Crippen LogP contribution is -2.37. The van der Waals surface area contributed by atoms with Crippen LogP contribution in [0.5, 0.6) is 0 Å². The van der Waals surface area contributed by atoms with E-state index in [1.807, 2.05) is 42.5 Å². The molecule has 2 aromatic carbocycles. The molecular formula is C33H29FN4O5. The van der Waals surface area contributed by atoms with Crippen LogP contribution in [0.25, 0.3) is 11.6 Å². The highest BCUT2D eigenvalue weighted by atomic mass is 19.1. The number of amidine groups is 1. The number of nitrogens with zero attached hydrogens (tertiary/aromatic N) is 3. The second-order valence-electron chi connectivity index (χ2n) is 10.5. The van der Waals surface area contributed by atoms with Gasteiger partial charge in [0.1, 0.15) is 23.5 Å². The summed E-state index contributed by atoms with van der Waals surface area (Å²) in [4.78, 5) is 31.1. The summed E-state index contributed by atoms with van der Waals surface area (Å²) in [5.74, 6) is -0.871. The highest BCUT2D eigenvalue weighted by Crippen LogP contribution is 2.34. The van der Waals surface area contributed by atoms with Crippen molar-refractivity contribution in [3.63, 3.8) is 0 Å². The smallest absolute Gasteiger partial charge is 0.303 e.